The minimum Gasteiger partial charge on any atom is -0.390 e. The molecule has 2 heterocycles. The molecule has 1 fully saturated rings. The third-order valence-electron chi connectivity index (χ3n) is 4.78. The van der Waals surface area contributed by atoms with Gasteiger partial charge in [-0.1, -0.05) is 51.8 Å². The lowest BCUT2D eigenvalue weighted by atomic mass is 9.97. The van der Waals surface area contributed by atoms with Crippen LogP contribution in [0.3, 0.4) is 0 Å². The van der Waals surface area contributed by atoms with Gasteiger partial charge in [-0.05, 0) is 48.2 Å². The highest BCUT2D eigenvalue weighted by atomic mass is 79.9. The number of amides is 1. The number of hydrogen-bond acceptors (Lipinski definition) is 3. The summed E-state index contributed by atoms with van der Waals surface area (Å²) in [6.45, 7) is 1.59. The van der Waals surface area contributed by atoms with Crippen molar-refractivity contribution in [3.8, 4) is 21.6 Å². The number of anilines is 1. The molecule has 2 aromatic carbocycles. The van der Waals surface area contributed by atoms with Crippen LogP contribution in [0, 0.1) is 0 Å². The molecule has 1 aromatic heterocycles. The molecule has 2 N–H and O–H groups in total. The molecule has 138 valence electrons. The summed E-state index contributed by atoms with van der Waals surface area (Å²) in [5, 5.41) is 1.23. The normalized spacial score (nSPS) is 13.9. The molecule has 1 aliphatic rings. The van der Waals surface area contributed by atoms with Crippen molar-refractivity contribution in [1.29, 1.82) is 0 Å². The largest absolute Gasteiger partial charge is 0.390 e. The fourth-order valence-corrected chi connectivity index (χ4v) is 4.91. The van der Waals surface area contributed by atoms with E-state index in [1.165, 1.54) is 11.3 Å². The lowest BCUT2D eigenvalue weighted by Gasteiger charge is -2.17. The Bertz CT molecular complexity index is 977. The van der Waals surface area contributed by atoms with Crippen molar-refractivity contribution in [3.05, 3.63) is 63.6 Å². The molecular formula is C21H18BrClN2OS. The number of halogens is 2. The topological polar surface area (TPSA) is 46.3 Å². The number of nitrogens with two attached hydrogens (primary N) is 1. The number of rotatable bonds is 3. The molecule has 0 bridgehead atoms. The first kappa shape index (κ1) is 18.5. The lowest BCUT2D eigenvalue weighted by Crippen LogP contribution is -2.28. The highest BCUT2D eigenvalue weighted by Gasteiger charge is 2.29. The SMILES string of the molecule is Nc1sc(-c2ccc(Br)cc2)c(-c2ccc(Cl)cc2)c1C(=O)N1CCCC1. The Balaban J connectivity index is 1.91. The van der Waals surface area contributed by atoms with Gasteiger partial charge in [0.25, 0.3) is 5.91 Å². The highest BCUT2D eigenvalue weighted by molar-refractivity contribution is 9.10. The number of nitrogen functional groups attached to an aromatic ring is 1. The number of thiophene rings is 1. The Morgan fingerprint density at radius 3 is 2.22 bits per heavy atom. The van der Waals surface area contributed by atoms with Crippen molar-refractivity contribution in [3.63, 3.8) is 0 Å². The molecule has 27 heavy (non-hydrogen) atoms. The Morgan fingerprint density at radius 2 is 1.59 bits per heavy atom. The molecular weight excluding hydrogens is 444 g/mol. The van der Waals surface area contributed by atoms with E-state index in [1.807, 2.05) is 53.4 Å². The van der Waals surface area contributed by atoms with E-state index in [-0.39, 0.29) is 5.91 Å². The van der Waals surface area contributed by atoms with Crippen LogP contribution in [0.5, 0.6) is 0 Å². The molecule has 0 saturated carbocycles. The van der Waals surface area contributed by atoms with Crippen LogP contribution < -0.4 is 5.73 Å². The average Bonchev–Trinajstić information content (AvgIpc) is 3.31. The first-order valence-electron chi connectivity index (χ1n) is 8.78. The van der Waals surface area contributed by atoms with E-state index in [1.54, 1.807) is 0 Å². The highest BCUT2D eigenvalue weighted by Crippen LogP contribution is 2.45. The number of likely N-dealkylation sites (tertiary alicyclic amines) is 1. The monoisotopic (exact) mass is 460 g/mol. The van der Waals surface area contributed by atoms with Crippen LogP contribution in [0.2, 0.25) is 5.02 Å². The van der Waals surface area contributed by atoms with Crippen LogP contribution in [0.4, 0.5) is 5.00 Å². The van der Waals surface area contributed by atoms with E-state index in [4.69, 9.17) is 17.3 Å². The van der Waals surface area contributed by atoms with Crippen molar-refractivity contribution in [2.24, 2.45) is 0 Å². The Morgan fingerprint density at radius 1 is 1.00 bits per heavy atom. The molecule has 4 rings (SSSR count). The zero-order valence-corrected chi connectivity index (χ0v) is 17.7. The predicted molar refractivity (Wildman–Crippen MR) is 117 cm³/mol. The van der Waals surface area contributed by atoms with Crippen LogP contribution in [0.15, 0.2) is 53.0 Å². The van der Waals surface area contributed by atoms with Gasteiger partial charge in [0.05, 0.1) is 10.6 Å². The van der Waals surface area contributed by atoms with E-state index in [0.717, 1.165) is 52.0 Å². The fourth-order valence-electron chi connectivity index (χ4n) is 3.44. The van der Waals surface area contributed by atoms with Crippen molar-refractivity contribution >= 4 is 49.8 Å². The van der Waals surface area contributed by atoms with E-state index < -0.39 is 0 Å². The Labute approximate surface area is 175 Å². The maximum absolute atomic E-state index is 13.2. The Kier molecular flexibility index (Phi) is 5.26. The second-order valence-electron chi connectivity index (χ2n) is 6.56. The van der Waals surface area contributed by atoms with Crippen LogP contribution >= 0.6 is 38.9 Å². The van der Waals surface area contributed by atoms with Crippen molar-refractivity contribution in [2.75, 3.05) is 18.8 Å². The van der Waals surface area contributed by atoms with Crippen LogP contribution in [0.1, 0.15) is 23.2 Å². The number of benzene rings is 2. The van der Waals surface area contributed by atoms with Gasteiger partial charge in [-0.3, -0.25) is 4.79 Å². The summed E-state index contributed by atoms with van der Waals surface area (Å²) >= 11 is 11.0. The molecule has 1 amide bonds. The molecule has 1 aliphatic heterocycles. The van der Waals surface area contributed by atoms with E-state index in [2.05, 4.69) is 15.9 Å². The number of carbonyl (C=O) groups excluding carboxylic acids is 1. The lowest BCUT2D eigenvalue weighted by molar-refractivity contribution is 0.0795. The standard InChI is InChI=1S/C21H18BrClN2OS/c22-15-7-3-14(4-8-15)19-17(13-5-9-16(23)10-6-13)18(20(24)27-19)21(26)25-11-1-2-12-25/h3-10H,1-2,11-12,24H2. The van der Waals surface area contributed by atoms with E-state index in [0.29, 0.717) is 15.6 Å². The molecule has 0 spiro atoms. The number of nitrogens with zero attached hydrogens (tertiary/aromatic N) is 1. The summed E-state index contributed by atoms with van der Waals surface area (Å²) in [5.41, 5.74) is 9.88. The summed E-state index contributed by atoms with van der Waals surface area (Å²) in [5.74, 6) is 0.0227. The second kappa shape index (κ2) is 7.66. The van der Waals surface area contributed by atoms with Crippen molar-refractivity contribution in [2.45, 2.75) is 12.8 Å². The predicted octanol–water partition coefficient (Wildman–Crippen LogP) is 6.32. The van der Waals surface area contributed by atoms with Crippen molar-refractivity contribution < 1.29 is 4.79 Å². The van der Waals surface area contributed by atoms with Gasteiger partial charge < -0.3 is 10.6 Å². The quantitative estimate of drug-likeness (QED) is 0.496. The van der Waals surface area contributed by atoms with Crippen molar-refractivity contribution in [1.82, 2.24) is 4.90 Å². The maximum atomic E-state index is 13.2. The van der Waals surface area contributed by atoms with Gasteiger partial charge in [0.15, 0.2) is 0 Å². The zero-order chi connectivity index (χ0) is 19.0. The fraction of sp³-hybridized carbons (Fsp3) is 0.190. The molecule has 0 atom stereocenters. The minimum absolute atomic E-state index is 0.0227. The van der Waals surface area contributed by atoms with Gasteiger partial charge in [-0.2, -0.15) is 0 Å². The zero-order valence-electron chi connectivity index (χ0n) is 14.5. The molecule has 0 aliphatic carbocycles. The van der Waals surface area contributed by atoms with Crippen LogP contribution in [-0.4, -0.2) is 23.9 Å². The van der Waals surface area contributed by atoms with Gasteiger partial charge in [0, 0.05) is 33.0 Å². The van der Waals surface area contributed by atoms with E-state index >= 15 is 0 Å². The van der Waals surface area contributed by atoms with Gasteiger partial charge in [0.2, 0.25) is 0 Å². The summed E-state index contributed by atoms with van der Waals surface area (Å²) in [6.07, 6.45) is 2.09. The van der Waals surface area contributed by atoms with Gasteiger partial charge >= 0.3 is 0 Å². The second-order valence-corrected chi connectivity index (χ2v) is 8.96. The van der Waals surface area contributed by atoms with Gasteiger partial charge in [0.1, 0.15) is 0 Å². The average molecular weight is 462 g/mol. The molecule has 3 aromatic rings. The smallest absolute Gasteiger partial charge is 0.257 e. The number of hydrogen-bond donors (Lipinski definition) is 1. The molecule has 0 radical (unpaired) electrons. The molecule has 3 nitrogen and oxygen atoms in total. The van der Waals surface area contributed by atoms with Gasteiger partial charge in [-0.15, -0.1) is 11.3 Å². The van der Waals surface area contributed by atoms with Gasteiger partial charge in [-0.25, -0.2) is 0 Å². The summed E-state index contributed by atoms with van der Waals surface area (Å²) in [6, 6.07) is 15.7. The maximum Gasteiger partial charge on any atom is 0.257 e. The van der Waals surface area contributed by atoms with E-state index in [9.17, 15) is 4.79 Å². The third-order valence-corrected chi connectivity index (χ3v) is 6.63. The molecule has 1 saturated heterocycles. The minimum atomic E-state index is 0.0227. The summed E-state index contributed by atoms with van der Waals surface area (Å²) in [4.78, 5) is 16.2. The molecule has 6 heteroatoms. The third kappa shape index (κ3) is 3.64. The van der Waals surface area contributed by atoms with Crippen LogP contribution in [-0.2, 0) is 0 Å². The number of carbonyl (C=O) groups is 1. The molecule has 0 unspecified atom stereocenters. The summed E-state index contributed by atoms with van der Waals surface area (Å²) in [7, 11) is 0. The first-order chi connectivity index (χ1) is 13.0. The van der Waals surface area contributed by atoms with Crippen LogP contribution in [0.25, 0.3) is 21.6 Å². The first-order valence-corrected chi connectivity index (χ1v) is 10.8. The Hall–Kier alpha value is -1.82. The summed E-state index contributed by atoms with van der Waals surface area (Å²) < 4.78 is 1.01.